The van der Waals surface area contributed by atoms with Gasteiger partial charge in [-0.3, -0.25) is 0 Å². The highest BCUT2D eigenvalue weighted by Gasteiger charge is 2.28. The molecule has 0 spiro atoms. The molecule has 1 fully saturated rings. The molecular weight excluding hydrogens is 284 g/mol. The van der Waals surface area contributed by atoms with E-state index in [4.69, 9.17) is 11.6 Å². The van der Waals surface area contributed by atoms with E-state index in [0.717, 1.165) is 43.9 Å². The molecule has 0 aromatic heterocycles. The summed E-state index contributed by atoms with van der Waals surface area (Å²) in [5.74, 6) is 0.669. The summed E-state index contributed by atoms with van der Waals surface area (Å²) in [4.78, 5) is 2.37. The first-order chi connectivity index (χ1) is 10.1. The van der Waals surface area contributed by atoms with Gasteiger partial charge in [0.2, 0.25) is 0 Å². The lowest BCUT2D eigenvalue weighted by atomic mass is 9.82. The van der Waals surface area contributed by atoms with Crippen molar-refractivity contribution in [2.24, 2.45) is 5.92 Å². The molecule has 1 aliphatic rings. The van der Waals surface area contributed by atoms with Gasteiger partial charge < -0.3 is 15.3 Å². The van der Waals surface area contributed by atoms with E-state index < -0.39 is 0 Å². The fourth-order valence-electron chi connectivity index (χ4n) is 3.10. The normalized spacial score (nSPS) is 23.1. The van der Waals surface area contributed by atoms with Crippen LogP contribution in [0.25, 0.3) is 0 Å². The van der Waals surface area contributed by atoms with Gasteiger partial charge >= 0.3 is 0 Å². The minimum absolute atomic E-state index is 0.0546. The molecule has 2 N–H and O–H groups in total. The molecule has 2 rings (SSSR count). The van der Waals surface area contributed by atoms with Crippen molar-refractivity contribution in [2.45, 2.75) is 38.3 Å². The SMILES string of the molecule is CCNC(CCN(C)CC1CC(O)C1)c1ccccc1Cl. The molecule has 0 saturated heterocycles. The average molecular weight is 311 g/mol. The third-order valence-corrected chi connectivity index (χ3v) is 4.66. The number of aliphatic hydroxyl groups is 1. The van der Waals surface area contributed by atoms with Gasteiger partial charge in [-0.2, -0.15) is 0 Å². The predicted molar refractivity (Wildman–Crippen MR) is 88.7 cm³/mol. The van der Waals surface area contributed by atoms with Crippen molar-refractivity contribution in [1.82, 2.24) is 10.2 Å². The van der Waals surface area contributed by atoms with Crippen molar-refractivity contribution >= 4 is 11.6 Å². The summed E-state index contributed by atoms with van der Waals surface area (Å²) in [7, 11) is 2.17. The van der Waals surface area contributed by atoms with E-state index in [-0.39, 0.29) is 6.10 Å². The lowest BCUT2D eigenvalue weighted by Gasteiger charge is -2.35. The van der Waals surface area contributed by atoms with Gasteiger partial charge in [-0.15, -0.1) is 0 Å². The molecule has 1 aromatic rings. The molecule has 0 amide bonds. The lowest BCUT2D eigenvalue weighted by molar-refractivity contribution is 0.0279. The van der Waals surface area contributed by atoms with Crippen LogP contribution in [0.15, 0.2) is 24.3 Å². The lowest BCUT2D eigenvalue weighted by Crippen LogP contribution is -2.38. The number of benzene rings is 1. The van der Waals surface area contributed by atoms with Gasteiger partial charge in [0, 0.05) is 17.6 Å². The largest absolute Gasteiger partial charge is 0.393 e. The monoisotopic (exact) mass is 310 g/mol. The van der Waals surface area contributed by atoms with Crippen LogP contribution in [-0.2, 0) is 0 Å². The standard InChI is InChI=1S/C17H27ClN2O/c1-3-19-17(15-6-4-5-7-16(15)18)8-9-20(2)12-13-10-14(21)11-13/h4-7,13-14,17,19,21H,3,8-12H2,1-2H3. The van der Waals surface area contributed by atoms with Crippen LogP contribution in [-0.4, -0.2) is 42.8 Å². The van der Waals surface area contributed by atoms with E-state index in [1.807, 2.05) is 18.2 Å². The van der Waals surface area contributed by atoms with Crippen LogP contribution < -0.4 is 5.32 Å². The Balaban J connectivity index is 1.84. The van der Waals surface area contributed by atoms with Crippen LogP contribution in [0.1, 0.15) is 37.8 Å². The number of hydrogen-bond acceptors (Lipinski definition) is 3. The summed E-state index contributed by atoms with van der Waals surface area (Å²) >= 11 is 6.32. The van der Waals surface area contributed by atoms with Crippen molar-refractivity contribution in [1.29, 1.82) is 0 Å². The van der Waals surface area contributed by atoms with Gasteiger partial charge in [0.25, 0.3) is 0 Å². The molecule has 1 aliphatic carbocycles. The van der Waals surface area contributed by atoms with E-state index in [1.165, 1.54) is 5.56 Å². The smallest absolute Gasteiger partial charge is 0.0546 e. The summed E-state index contributed by atoms with van der Waals surface area (Å²) in [5.41, 5.74) is 1.19. The Morgan fingerprint density at radius 2 is 2.10 bits per heavy atom. The van der Waals surface area contributed by atoms with Crippen LogP contribution in [0.3, 0.4) is 0 Å². The Morgan fingerprint density at radius 3 is 2.71 bits per heavy atom. The summed E-state index contributed by atoms with van der Waals surface area (Å²) in [6, 6.07) is 8.39. The molecule has 0 bridgehead atoms. The van der Waals surface area contributed by atoms with Crippen molar-refractivity contribution in [3.05, 3.63) is 34.9 Å². The molecular formula is C17H27ClN2O. The maximum Gasteiger partial charge on any atom is 0.0546 e. The van der Waals surface area contributed by atoms with E-state index in [1.54, 1.807) is 0 Å². The molecule has 0 aliphatic heterocycles. The minimum Gasteiger partial charge on any atom is -0.393 e. The van der Waals surface area contributed by atoms with Crippen LogP contribution >= 0.6 is 11.6 Å². The van der Waals surface area contributed by atoms with E-state index in [9.17, 15) is 5.11 Å². The fourth-order valence-corrected chi connectivity index (χ4v) is 3.37. The van der Waals surface area contributed by atoms with Gasteiger partial charge in [0.15, 0.2) is 0 Å². The first kappa shape index (κ1) is 16.8. The quantitative estimate of drug-likeness (QED) is 0.774. The Labute approximate surface area is 133 Å². The zero-order valence-corrected chi connectivity index (χ0v) is 13.8. The molecule has 3 nitrogen and oxygen atoms in total. The van der Waals surface area contributed by atoms with Gasteiger partial charge in [-0.05, 0) is 56.9 Å². The molecule has 118 valence electrons. The zero-order valence-electron chi connectivity index (χ0n) is 13.1. The number of nitrogens with zero attached hydrogens (tertiary/aromatic N) is 1. The van der Waals surface area contributed by atoms with Gasteiger partial charge in [0.05, 0.1) is 6.10 Å². The maximum absolute atomic E-state index is 9.36. The summed E-state index contributed by atoms with van der Waals surface area (Å²) < 4.78 is 0. The number of hydrogen-bond donors (Lipinski definition) is 2. The second kappa shape index (κ2) is 8.14. The van der Waals surface area contributed by atoms with Crippen LogP contribution in [0.2, 0.25) is 5.02 Å². The number of rotatable bonds is 8. The summed E-state index contributed by atoms with van der Waals surface area (Å²) in [5, 5.41) is 13.7. The van der Waals surface area contributed by atoms with Crippen molar-refractivity contribution in [2.75, 3.05) is 26.7 Å². The van der Waals surface area contributed by atoms with Crippen molar-refractivity contribution < 1.29 is 5.11 Å². The van der Waals surface area contributed by atoms with Crippen LogP contribution in [0, 0.1) is 5.92 Å². The Bertz CT molecular complexity index is 435. The first-order valence-corrected chi connectivity index (χ1v) is 8.32. The second-order valence-corrected chi connectivity index (χ2v) is 6.58. The molecule has 0 radical (unpaired) electrons. The van der Waals surface area contributed by atoms with Crippen molar-refractivity contribution in [3.63, 3.8) is 0 Å². The molecule has 0 heterocycles. The Hall–Kier alpha value is -0.610. The summed E-state index contributed by atoms with van der Waals surface area (Å²) in [6.45, 7) is 5.19. The highest BCUT2D eigenvalue weighted by molar-refractivity contribution is 6.31. The fraction of sp³-hybridized carbons (Fsp3) is 0.647. The first-order valence-electron chi connectivity index (χ1n) is 7.94. The van der Waals surface area contributed by atoms with Gasteiger partial charge in [0.1, 0.15) is 0 Å². The summed E-state index contributed by atoms with van der Waals surface area (Å²) in [6.07, 6.45) is 2.92. The molecule has 21 heavy (non-hydrogen) atoms. The average Bonchev–Trinajstić information content (AvgIpc) is 2.42. The van der Waals surface area contributed by atoms with E-state index in [0.29, 0.717) is 12.0 Å². The van der Waals surface area contributed by atoms with E-state index in [2.05, 4.69) is 30.3 Å². The second-order valence-electron chi connectivity index (χ2n) is 6.17. The van der Waals surface area contributed by atoms with E-state index >= 15 is 0 Å². The van der Waals surface area contributed by atoms with Gasteiger partial charge in [-0.25, -0.2) is 0 Å². The maximum atomic E-state index is 9.36. The zero-order chi connectivity index (χ0) is 15.2. The molecule has 1 saturated carbocycles. The van der Waals surface area contributed by atoms with Crippen molar-refractivity contribution in [3.8, 4) is 0 Å². The number of halogens is 1. The number of nitrogens with one attached hydrogen (secondary N) is 1. The molecule has 4 heteroatoms. The topological polar surface area (TPSA) is 35.5 Å². The Kier molecular flexibility index (Phi) is 6.49. The Morgan fingerprint density at radius 1 is 1.38 bits per heavy atom. The third kappa shape index (κ3) is 4.96. The highest BCUT2D eigenvalue weighted by atomic mass is 35.5. The van der Waals surface area contributed by atoms with Crippen LogP contribution in [0.5, 0.6) is 0 Å². The predicted octanol–water partition coefficient (Wildman–Crippen LogP) is 3.08. The molecule has 1 aromatic carbocycles. The van der Waals surface area contributed by atoms with Gasteiger partial charge in [-0.1, -0.05) is 36.7 Å². The molecule has 1 unspecified atom stereocenters. The molecule has 1 atom stereocenters. The number of aliphatic hydroxyl groups excluding tert-OH is 1. The van der Waals surface area contributed by atoms with Crippen LogP contribution in [0.4, 0.5) is 0 Å². The highest BCUT2D eigenvalue weighted by Crippen LogP contribution is 2.28. The third-order valence-electron chi connectivity index (χ3n) is 4.31. The minimum atomic E-state index is -0.0546.